The first-order valence-electron chi connectivity index (χ1n) is 9.01. The summed E-state index contributed by atoms with van der Waals surface area (Å²) in [5.41, 5.74) is 0.916. The van der Waals surface area contributed by atoms with Gasteiger partial charge in [0.25, 0.3) is 0 Å². The topological polar surface area (TPSA) is 56.6 Å². The van der Waals surface area contributed by atoms with E-state index in [9.17, 15) is 4.79 Å². The zero-order valence-electron chi connectivity index (χ0n) is 15.7. The van der Waals surface area contributed by atoms with Crippen molar-refractivity contribution in [1.29, 1.82) is 0 Å². The van der Waals surface area contributed by atoms with E-state index in [2.05, 4.69) is 5.10 Å². The third-order valence-electron chi connectivity index (χ3n) is 4.32. The molecule has 4 rings (SSSR count). The number of carbonyl (C=O) groups is 1. The molecule has 2 aromatic carbocycles. The Bertz CT molecular complexity index is 1050. The summed E-state index contributed by atoms with van der Waals surface area (Å²) < 4.78 is 14.8. The first kappa shape index (κ1) is 19.9. The molecule has 0 saturated heterocycles. The van der Waals surface area contributed by atoms with Gasteiger partial charge in [-0.1, -0.05) is 53.4 Å². The molecular weight excluding hydrogens is 426 g/mol. The summed E-state index contributed by atoms with van der Waals surface area (Å²) in [5.74, 6) is 1.75. The van der Waals surface area contributed by atoms with Crippen molar-refractivity contribution >= 4 is 41.2 Å². The molecule has 1 unspecified atom stereocenters. The van der Waals surface area contributed by atoms with Crippen LogP contribution in [0.3, 0.4) is 0 Å². The van der Waals surface area contributed by atoms with E-state index in [0.717, 1.165) is 15.8 Å². The number of nitrogens with zero attached hydrogens (tertiary/aromatic N) is 3. The van der Waals surface area contributed by atoms with Crippen LogP contribution in [0.1, 0.15) is 0 Å². The van der Waals surface area contributed by atoms with Crippen molar-refractivity contribution in [2.45, 2.75) is 10.4 Å². The van der Waals surface area contributed by atoms with Crippen molar-refractivity contribution < 1.29 is 14.3 Å². The van der Waals surface area contributed by atoms with Crippen LogP contribution in [0.4, 0.5) is 0 Å². The van der Waals surface area contributed by atoms with Crippen LogP contribution in [0.5, 0.6) is 11.5 Å². The van der Waals surface area contributed by atoms with E-state index in [1.807, 2.05) is 54.6 Å². The zero-order chi connectivity index (χ0) is 20.2. The quantitative estimate of drug-likeness (QED) is 0.421. The van der Waals surface area contributed by atoms with Gasteiger partial charge in [0.2, 0.25) is 5.91 Å². The summed E-state index contributed by atoms with van der Waals surface area (Å²) in [7, 11) is 1.78. The molecule has 1 aromatic heterocycles. The molecule has 1 aliphatic heterocycles. The minimum atomic E-state index is -0.191. The molecule has 1 aliphatic rings. The maximum Gasteiger partial charge on any atom is 0.232 e. The Morgan fingerprint density at radius 1 is 1.24 bits per heavy atom. The van der Waals surface area contributed by atoms with E-state index in [0.29, 0.717) is 22.9 Å². The first-order valence-corrected chi connectivity index (χ1v) is 11.2. The third-order valence-corrected chi connectivity index (χ3v) is 6.67. The number of rotatable bonds is 6. The minimum Gasteiger partial charge on any atom is -0.486 e. The average molecular weight is 446 g/mol. The Kier molecular flexibility index (Phi) is 6.17. The monoisotopic (exact) mass is 445 g/mol. The number of thioether (sulfide) groups is 1. The molecule has 29 heavy (non-hydrogen) atoms. The molecule has 0 aliphatic carbocycles. The molecule has 1 amide bonds. The summed E-state index contributed by atoms with van der Waals surface area (Å²) >= 11 is 8.21. The van der Waals surface area contributed by atoms with Gasteiger partial charge in [-0.05, 0) is 36.5 Å². The number of amides is 1. The molecule has 9 heteroatoms. The van der Waals surface area contributed by atoms with Crippen LogP contribution in [0, 0.1) is 3.95 Å². The van der Waals surface area contributed by atoms with Gasteiger partial charge in [0.05, 0.1) is 18.0 Å². The van der Waals surface area contributed by atoms with Crippen LogP contribution in [0.15, 0.2) is 58.9 Å². The van der Waals surface area contributed by atoms with Crippen LogP contribution < -0.4 is 9.47 Å². The third kappa shape index (κ3) is 4.80. The van der Waals surface area contributed by atoms with E-state index in [1.54, 1.807) is 16.6 Å². The molecule has 0 saturated carbocycles. The predicted octanol–water partition coefficient (Wildman–Crippen LogP) is 4.05. The number of fused-ring (bicyclic) bond motifs is 1. The Balaban J connectivity index is 1.31. The number of para-hydroxylation sites is 3. The average Bonchev–Trinajstić information content (AvgIpc) is 3.13. The SMILES string of the molecule is CN(CC1COc2ccccc2O1)C(=O)CSc1nn(-c2ccccc2)c(=S)s1. The standard InChI is InChI=1S/C20H19N3O3S3/c1-22(11-15-12-25-16-9-5-6-10-17(16)26-15)18(24)13-28-19-21-23(20(27)29-19)14-7-3-2-4-8-14/h2-10,15H,11-13H2,1H3. The Morgan fingerprint density at radius 3 is 2.76 bits per heavy atom. The maximum atomic E-state index is 12.6. The number of ether oxygens (including phenoxy) is 2. The molecule has 1 atom stereocenters. The van der Waals surface area contributed by atoms with Gasteiger partial charge < -0.3 is 14.4 Å². The molecule has 0 radical (unpaired) electrons. The van der Waals surface area contributed by atoms with Crippen molar-refractivity contribution in [1.82, 2.24) is 14.7 Å². The highest BCUT2D eigenvalue weighted by atomic mass is 32.2. The summed E-state index contributed by atoms with van der Waals surface area (Å²) in [4.78, 5) is 14.2. The second-order valence-electron chi connectivity index (χ2n) is 6.44. The van der Waals surface area contributed by atoms with Crippen LogP contribution in [-0.4, -0.2) is 52.6 Å². The lowest BCUT2D eigenvalue weighted by Gasteiger charge is -2.29. The van der Waals surface area contributed by atoms with Crippen molar-refractivity contribution in [2.75, 3.05) is 26.0 Å². The van der Waals surface area contributed by atoms with E-state index in [1.165, 1.54) is 23.1 Å². The molecule has 3 aromatic rings. The lowest BCUT2D eigenvalue weighted by molar-refractivity contribution is -0.128. The number of hydrogen-bond acceptors (Lipinski definition) is 7. The Hall–Kier alpha value is -2.36. The van der Waals surface area contributed by atoms with Gasteiger partial charge >= 0.3 is 0 Å². The lowest BCUT2D eigenvalue weighted by atomic mass is 10.2. The molecule has 0 spiro atoms. The fourth-order valence-corrected chi connectivity index (χ4v) is 5.15. The molecule has 0 bridgehead atoms. The van der Waals surface area contributed by atoms with Crippen LogP contribution in [-0.2, 0) is 4.79 Å². The predicted molar refractivity (Wildman–Crippen MR) is 117 cm³/mol. The molecule has 2 heterocycles. The van der Waals surface area contributed by atoms with Gasteiger partial charge in [-0.3, -0.25) is 4.79 Å². The van der Waals surface area contributed by atoms with Gasteiger partial charge in [0.1, 0.15) is 6.61 Å². The normalized spacial score (nSPS) is 15.1. The highest BCUT2D eigenvalue weighted by Crippen LogP contribution is 2.31. The number of benzene rings is 2. The number of likely N-dealkylation sites (N-methyl/N-ethyl adjacent to an activating group) is 1. The molecular formula is C20H19N3O3S3. The van der Waals surface area contributed by atoms with Gasteiger partial charge in [0.15, 0.2) is 25.9 Å². The smallest absolute Gasteiger partial charge is 0.232 e. The summed E-state index contributed by atoms with van der Waals surface area (Å²) in [6, 6.07) is 17.3. The fourth-order valence-electron chi connectivity index (χ4n) is 2.85. The van der Waals surface area contributed by atoms with Gasteiger partial charge in [-0.25, -0.2) is 4.68 Å². The van der Waals surface area contributed by atoms with Crippen molar-refractivity contribution in [3.63, 3.8) is 0 Å². The fraction of sp³-hybridized carbons (Fsp3) is 0.250. The van der Waals surface area contributed by atoms with Crippen molar-refractivity contribution in [2.24, 2.45) is 0 Å². The highest BCUT2D eigenvalue weighted by Gasteiger charge is 2.24. The van der Waals surface area contributed by atoms with E-state index < -0.39 is 0 Å². The van der Waals surface area contributed by atoms with E-state index in [4.69, 9.17) is 21.7 Å². The maximum absolute atomic E-state index is 12.6. The highest BCUT2D eigenvalue weighted by molar-refractivity contribution is 8.01. The largest absolute Gasteiger partial charge is 0.486 e. The van der Waals surface area contributed by atoms with Gasteiger partial charge in [-0.2, -0.15) is 0 Å². The summed E-state index contributed by atoms with van der Waals surface area (Å²) in [6.07, 6.45) is -0.191. The number of carbonyl (C=O) groups excluding carboxylic acids is 1. The van der Waals surface area contributed by atoms with Crippen LogP contribution in [0.2, 0.25) is 0 Å². The lowest BCUT2D eigenvalue weighted by Crippen LogP contribution is -2.42. The summed E-state index contributed by atoms with van der Waals surface area (Å²) in [5, 5.41) is 4.53. The van der Waals surface area contributed by atoms with Crippen LogP contribution in [0.25, 0.3) is 5.69 Å². The van der Waals surface area contributed by atoms with Gasteiger partial charge in [0, 0.05) is 7.05 Å². The molecule has 0 fully saturated rings. The Labute approximate surface area is 182 Å². The Morgan fingerprint density at radius 2 is 1.97 bits per heavy atom. The summed E-state index contributed by atoms with van der Waals surface area (Å²) in [6.45, 7) is 0.881. The van der Waals surface area contributed by atoms with E-state index in [-0.39, 0.29) is 17.8 Å². The minimum absolute atomic E-state index is 0.00448. The molecule has 6 nitrogen and oxygen atoms in total. The van der Waals surface area contributed by atoms with Gasteiger partial charge in [-0.15, -0.1) is 5.10 Å². The molecule has 0 N–H and O–H groups in total. The van der Waals surface area contributed by atoms with Crippen LogP contribution >= 0.6 is 35.3 Å². The number of hydrogen-bond donors (Lipinski definition) is 0. The van der Waals surface area contributed by atoms with E-state index >= 15 is 0 Å². The number of aromatic nitrogens is 2. The first-order chi connectivity index (χ1) is 14.1. The van der Waals surface area contributed by atoms with Crippen molar-refractivity contribution in [3.8, 4) is 17.2 Å². The molecule has 150 valence electrons. The second-order valence-corrected chi connectivity index (χ2v) is 9.29. The zero-order valence-corrected chi connectivity index (χ0v) is 18.1. The van der Waals surface area contributed by atoms with Crippen molar-refractivity contribution in [3.05, 3.63) is 58.6 Å². The second kappa shape index (κ2) is 8.98.